The van der Waals surface area contributed by atoms with Crippen LogP contribution in [0, 0.1) is 6.92 Å². The molecule has 0 saturated heterocycles. The molecule has 0 atom stereocenters. The highest BCUT2D eigenvalue weighted by Gasteiger charge is 2.07. The van der Waals surface area contributed by atoms with Crippen molar-refractivity contribution < 1.29 is 0 Å². The standard InChI is InChI=1S/C11H15N3S/c1-9-12-13-11(15-9)10-6-4-3-5-7-14(2)8-10/h4,6,8H,3,5,7H2,1-2H3. The molecule has 3 nitrogen and oxygen atoms in total. The minimum atomic E-state index is 1.01. The Morgan fingerprint density at radius 3 is 3.00 bits per heavy atom. The lowest BCUT2D eigenvalue weighted by Gasteiger charge is -2.16. The molecule has 1 aliphatic heterocycles. The Hall–Kier alpha value is -1.16. The summed E-state index contributed by atoms with van der Waals surface area (Å²) in [6.07, 6.45) is 8.87. The zero-order valence-corrected chi connectivity index (χ0v) is 9.92. The first-order valence-corrected chi connectivity index (χ1v) is 5.96. The largest absolute Gasteiger partial charge is 0.380 e. The molecule has 15 heavy (non-hydrogen) atoms. The molecule has 0 amide bonds. The van der Waals surface area contributed by atoms with Gasteiger partial charge in [-0.05, 0) is 19.8 Å². The van der Waals surface area contributed by atoms with Crippen LogP contribution in [0.4, 0.5) is 0 Å². The molecule has 0 aliphatic carbocycles. The maximum absolute atomic E-state index is 4.17. The topological polar surface area (TPSA) is 29.0 Å². The maximum atomic E-state index is 4.17. The Morgan fingerprint density at radius 2 is 2.27 bits per heavy atom. The van der Waals surface area contributed by atoms with E-state index < -0.39 is 0 Å². The van der Waals surface area contributed by atoms with E-state index in [1.54, 1.807) is 11.3 Å². The van der Waals surface area contributed by atoms with Gasteiger partial charge in [0.2, 0.25) is 0 Å². The molecule has 0 fully saturated rings. The zero-order valence-electron chi connectivity index (χ0n) is 9.10. The first kappa shape index (κ1) is 10.4. The minimum absolute atomic E-state index is 1.01. The summed E-state index contributed by atoms with van der Waals surface area (Å²) in [5, 5.41) is 10.2. The van der Waals surface area contributed by atoms with Gasteiger partial charge < -0.3 is 4.90 Å². The van der Waals surface area contributed by atoms with Gasteiger partial charge in [0.25, 0.3) is 0 Å². The Balaban J connectivity index is 2.28. The molecule has 80 valence electrons. The summed E-state index contributed by atoms with van der Waals surface area (Å²) in [6.45, 7) is 3.09. The lowest BCUT2D eigenvalue weighted by molar-refractivity contribution is 0.446. The summed E-state index contributed by atoms with van der Waals surface area (Å²) in [6, 6.07) is 0. The van der Waals surface area contributed by atoms with Crippen LogP contribution >= 0.6 is 11.3 Å². The lowest BCUT2D eigenvalue weighted by Crippen LogP contribution is -2.13. The van der Waals surface area contributed by atoms with Gasteiger partial charge >= 0.3 is 0 Å². The smallest absolute Gasteiger partial charge is 0.149 e. The first-order chi connectivity index (χ1) is 7.25. The second kappa shape index (κ2) is 4.57. The highest BCUT2D eigenvalue weighted by molar-refractivity contribution is 7.12. The van der Waals surface area contributed by atoms with Crippen molar-refractivity contribution in [3.8, 4) is 0 Å². The predicted octanol–water partition coefficient (Wildman–Crippen LogP) is 2.47. The zero-order chi connectivity index (χ0) is 10.7. The summed E-state index contributed by atoms with van der Waals surface area (Å²) >= 11 is 1.64. The minimum Gasteiger partial charge on any atom is -0.380 e. The molecule has 0 N–H and O–H groups in total. The van der Waals surface area contributed by atoms with Crippen molar-refractivity contribution in [2.45, 2.75) is 19.8 Å². The van der Waals surface area contributed by atoms with Crippen molar-refractivity contribution in [1.82, 2.24) is 15.1 Å². The van der Waals surface area contributed by atoms with Crippen molar-refractivity contribution in [1.29, 1.82) is 0 Å². The number of aromatic nitrogens is 2. The maximum Gasteiger partial charge on any atom is 0.149 e. The Bertz CT molecular complexity index is 392. The molecule has 0 saturated carbocycles. The molecule has 0 bridgehead atoms. The van der Waals surface area contributed by atoms with Crippen LogP contribution in [0.3, 0.4) is 0 Å². The fourth-order valence-corrected chi connectivity index (χ4v) is 2.24. The van der Waals surface area contributed by atoms with Crippen molar-refractivity contribution in [3.63, 3.8) is 0 Å². The van der Waals surface area contributed by atoms with Crippen LogP contribution < -0.4 is 0 Å². The van der Waals surface area contributed by atoms with Gasteiger partial charge in [-0.1, -0.05) is 23.5 Å². The second-order valence-corrected chi connectivity index (χ2v) is 4.92. The highest BCUT2D eigenvalue weighted by atomic mass is 32.1. The fraction of sp³-hybridized carbons (Fsp3) is 0.455. The van der Waals surface area contributed by atoms with Gasteiger partial charge in [-0.15, -0.1) is 10.2 Å². The SMILES string of the molecule is Cc1nnc(C2=CN(C)CCCC=C2)s1. The van der Waals surface area contributed by atoms with Crippen LogP contribution in [0.1, 0.15) is 22.9 Å². The number of hydrogen-bond acceptors (Lipinski definition) is 4. The average molecular weight is 221 g/mol. The molecule has 1 aromatic heterocycles. The first-order valence-electron chi connectivity index (χ1n) is 5.15. The third kappa shape index (κ3) is 2.65. The molecule has 1 aliphatic rings. The molecule has 0 radical (unpaired) electrons. The van der Waals surface area contributed by atoms with Gasteiger partial charge in [-0.2, -0.15) is 0 Å². The van der Waals surface area contributed by atoms with Crippen LogP contribution in [0.15, 0.2) is 18.4 Å². The number of rotatable bonds is 1. The quantitative estimate of drug-likeness (QED) is 0.729. The van der Waals surface area contributed by atoms with Gasteiger partial charge in [-0.25, -0.2) is 0 Å². The van der Waals surface area contributed by atoms with Crippen molar-refractivity contribution in [2.75, 3.05) is 13.6 Å². The van der Waals surface area contributed by atoms with E-state index in [4.69, 9.17) is 0 Å². The van der Waals surface area contributed by atoms with Gasteiger partial charge in [0.15, 0.2) is 0 Å². The van der Waals surface area contributed by atoms with E-state index in [-0.39, 0.29) is 0 Å². The van der Waals surface area contributed by atoms with Gasteiger partial charge in [0.1, 0.15) is 10.0 Å². The van der Waals surface area contributed by atoms with Gasteiger partial charge in [-0.3, -0.25) is 0 Å². The highest BCUT2D eigenvalue weighted by Crippen LogP contribution is 2.21. The second-order valence-electron chi connectivity index (χ2n) is 3.74. The summed E-state index contributed by atoms with van der Waals surface area (Å²) in [7, 11) is 2.10. The van der Waals surface area contributed by atoms with Gasteiger partial charge in [0.05, 0.1) is 0 Å². The van der Waals surface area contributed by atoms with Crippen LogP contribution in [-0.2, 0) is 0 Å². The molecular formula is C11H15N3S. The Kier molecular flexibility index (Phi) is 3.16. The Labute approximate surface area is 94.1 Å². The third-order valence-electron chi connectivity index (χ3n) is 2.31. The van der Waals surface area contributed by atoms with Crippen LogP contribution in [0.2, 0.25) is 0 Å². The molecule has 4 heteroatoms. The lowest BCUT2D eigenvalue weighted by atomic mass is 10.2. The van der Waals surface area contributed by atoms with E-state index in [0.717, 1.165) is 23.0 Å². The summed E-state index contributed by atoms with van der Waals surface area (Å²) in [5.41, 5.74) is 1.17. The van der Waals surface area contributed by atoms with Crippen LogP contribution in [0.5, 0.6) is 0 Å². The average Bonchev–Trinajstić information content (AvgIpc) is 2.58. The molecule has 1 aromatic rings. The molecule has 0 unspecified atom stereocenters. The summed E-state index contributed by atoms with van der Waals surface area (Å²) in [5.74, 6) is 0. The number of allylic oxidation sites excluding steroid dienone is 3. The van der Waals surface area contributed by atoms with E-state index in [0.29, 0.717) is 0 Å². The van der Waals surface area contributed by atoms with Crippen molar-refractivity contribution in [2.24, 2.45) is 0 Å². The monoisotopic (exact) mass is 221 g/mol. The number of aryl methyl sites for hydroxylation is 1. The van der Waals surface area contributed by atoms with Crippen molar-refractivity contribution in [3.05, 3.63) is 28.4 Å². The summed E-state index contributed by atoms with van der Waals surface area (Å²) in [4.78, 5) is 2.22. The third-order valence-corrected chi connectivity index (χ3v) is 3.20. The Morgan fingerprint density at radius 1 is 1.40 bits per heavy atom. The van der Waals surface area contributed by atoms with E-state index in [2.05, 4.69) is 40.5 Å². The number of hydrogen-bond donors (Lipinski definition) is 0. The van der Waals surface area contributed by atoms with Crippen LogP contribution in [-0.4, -0.2) is 28.7 Å². The fourth-order valence-electron chi connectivity index (χ4n) is 1.55. The molecule has 0 aromatic carbocycles. The van der Waals surface area contributed by atoms with E-state index in [1.807, 2.05) is 6.92 Å². The number of nitrogens with zero attached hydrogens (tertiary/aromatic N) is 3. The predicted molar refractivity (Wildman–Crippen MR) is 63.6 cm³/mol. The molecule has 2 rings (SSSR count). The molecular weight excluding hydrogens is 206 g/mol. The van der Waals surface area contributed by atoms with Crippen LogP contribution in [0.25, 0.3) is 5.57 Å². The van der Waals surface area contributed by atoms with Crippen molar-refractivity contribution >= 4 is 16.9 Å². The van der Waals surface area contributed by atoms with E-state index >= 15 is 0 Å². The summed E-state index contributed by atoms with van der Waals surface area (Å²) < 4.78 is 0. The molecule has 2 heterocycles. The van der Waals surface area contributed by atoms with Gasteiger partial charge in [0, 0.05) is 25.4 Å². The normalized spacial score (nSPS) is 17.2. The van der Waals surface area contributed by atoms with E-state index in [9.17, 15) is 0 Å². The van der Waals surface area contributed by atoms with E-state index in [1.165, 1.54) is 12.0 Å². The molecule has 0 spiro atoms.